The highest BCUT2D eigenvalue weighted by Gasteiger charge is 2.32. The molecule has 0 aromatic carbocycles. The molecule has 4 heteroatoms. The van der Waals surface area contributed by atoms with Crippen LogP contribution in [-0.4, -0.2) is 22.2 Å². The van der Waals surface area contributed by atoms with E-state index in [0.717, 1.165) is 24.9 Å². The zero-order valence-electron chi connectivity index (χ0n) is 10.4. The third-order valence-electron chi connectivity index (χ3n) is 3.89. The molecule has 3 rings (SSSR count). The number of pyridine rings is 1. The van der Waals surface area contributed by atoms with Crippen molar-refractivity contribution in [3.63, 3.8) is 0 Å². The minimum absolute atomic E-state index is 0.0512. The van der Waals surface area contributed by atoms with E-state index in [2.05, 4.69) is 21.7 Å². The molecule has 0 spiro atoms. The highest BCUT2D eigenvalue weighted by atomic mass is 32.1. The maximum Gasteiger partial charge on any atom is 0.0809 e. The number of aromatic nitrogens is 1. The van der Waals surface area contributed by atoms with Gasteiger partial charge in [-0.25, -0.2) is 0 Å². The first-order valence-corrected chi connectivity index (χ1v) is 7.37. The van der Waals surface area contributed by atoms with Crippen molar-refractivity contribution in [3.05, 3.63) is 29.3 Å². The second kappa shape index (κ2) is 4.96. The zero-order chi connectivity index (χ0) is 12.4. The van der Waals surface area contributed by atoms with Gasteiger partial charge in [-0.15, -0.1) is 11.3 Å². The molecule has 3 nitrogen and oxygen atoms in total. The average Bonchev–Trinajstić information content (AvgIpc) is 3.05. The van der Waals surface area contributed by atoms with E-state index < -0.39 is 0 Å². The number of aliphatic hydroxyl groups excluding tert-OH is 1. The Kier molecular flexibility index (Phi) is 3.33. The first kappa shape index (κ1) is 12.1. The van der Waals surface area contributed by atoms with Crippen LogP contribution in [0.4, 0.5) is 0 Å². The summed E-state index contributed by atoms with van der Waals surface area (Å²) >= 11 is 1.72. The summed E-state index contributed by atoms with van der Waals surface area (Å²) in [7, 11) is 0. The fraction of sp³-hybridized carbons (Fsp3) is 0.500. The standard InChI is InChI=1S/C14H18N2OS/c17-10-14(4-1-2-5-14)16-9-11-7-13-12(15-8-11)3-6-18-13/h3,6-8,16-17H,1-2,4-5,9-10H2. The first-order chi connectivity index (χ1) is 8.81. The SMILES string of the molecule is OCC1(NCc2cnc3ccsc3c2)CCCC1. The minimum Gasteiger partial charge on any atom is -0.394 e. The summed E-state index contributed by atoms with van der Waals surface area (Å²) < 4.78 is 1.23. The minimum atomic E-state index is -0.0512. The van der Waals surface area contributed by atoms with Crippen LogP contribution in [0, 0.1) is 0 Å². The molecule has 0 saturated heterocycles. The number of hydrogen-bond acceptors (Lipinski definition) is 4. The van der Waals surface area contributed by atoms with Crippen molar-refractivity contribution < 1.29 is 5.11 Å². The van der Waals surface area contributed by atoms with E-state index in [1.165, 1.54) is 23.1 Å². The molecular weight excluding hydrogens is 244 g/mol. The van der Waals surface area contributed by atoms with Crippen LogP contribution in [0.2, 0.25) is 0 Å². The van der Waals surface area contributed by atoms with Crippen LogP contribution in [0.25, 0.3) is 10.2 Å². The van der Waals surface area contributed by atoms with Crippen LogP contribution >= 0.6 is 11.3 Å². The summed E-state index contributed by atoms with van der Waals surface area (Å²) in [6.45, 7) is 1.03. The molecule has 0 bridgehead atoms. The van der Waals surface area contributed by atoms with Gasteiger partial charge in [-0.2, -0.15) is 0 Å². The normalized spacial score (nSPS) is 18.5. The van der Waals surface area contributed by atoms with Crippen molar-refractivity contribution in [2.24, 2.45) is 0 Å². The third kappa shape index (κ3) is 2.28. The Morgan fingerprint density at radius 2 is 2.22 bits per heavy atom. The van der Waals surface area contributed by atoms with E-state index >= 15 is 0 Å². The summed E-state index contributed by atoms with van der Waals surface area (Å²) in [5.41, 5.74) is 2.22. The number of nitrogens with one attached hydrogen (secondary N) is 1. The molecular formula is C14H18N2OS. The van der Waals surface area contributed by atoms with Crippen LogP contribution in [0.3, 0.4) is 0 Å². The lowest BCUT2D eigenvalue weighted by atomic mass is 9.98. The number of fused-ring (bicyclic) bond motifs is 1. The first-order valence-electron chi connectivity index (χ1n) is 6.49. The molecule has 2 aromatic rings. The molecule has 0 radical (unpaired) electrons. The molecule has 2 N–H and O–H groups in total. The smallest absolute Gasteiger partial charge is 0.0809 e. The lowest BCUT2D eigenvalue weighted by Gasteiger charge is -2.28. The Morgan fingerprint density at radius 1 is 1.39 bits per heavy atom. The Morgan fingerprint density at radius 3 is 3.00 bits per heavy atom. The predicted molar refractivity (Wildman–Crippen MR) is 74.7 cm³/mol. The molecule has 0 amide bonds. The molecule has 2 heterocycles. The highest BCUT2D eigenvalue weighted by Crippen LogP contribution is 2.29. The highest BCUT2D eigenvalue weighted by molar-refractivity contribution is 7.17. The fourth-order valence-electron chi connectivity index (χ4n) is 2.72. The Labute approximate surface area is 111 Å². The number of rotatable bonds is 4. The fourth-order valence-corrected chi connectivity index (χ4v) is 3.52. The molecule has 1 aliphatic carbocycles. The van der Waals surface area contributed by atoms with Crippen LogP contribution in [0.1, 0.15) is 31.2 Å². The molecule has 96 valence electrons. The van der Waals surface area contributed by atoms with Crippen LogP contribution in [0.15, 0.2) is 23.7 Å². The van der Waals surface area contributed by atoms with Gasteiger partial charge in [0.2, 0.25) is 0 Å². The van der Waals surface area contributed by atoms with Gasteiger partial charge >= 0.3 is 0 Å². The van der Waals surface area contributed by atoms with Crippen molar-refractivity contribution >= 4 is 21.6 Å². The number of nitrogens with zero attached hydrogens (tertiary/aromatic N) is 1. The molecule has 1 saturated carbocycles. The van der Waals surface area contributed by atoms with Gasteiger partial charge in [0, 0.05) is 18.3 Å². The van der Waals surface area contributed by atoms with Gasteiger partial charge in [0.05, 0.1) is 16.8 Å². The van der Waals surface area contributed by atoms with Crippen LogP contribution in [0.5, 0.6) is 0 Å². The van der Waals surface area contributed by atoms with Crippen molar-refractivity contribution in [1.82, 2.24) is 10.3 Å². The number of hydrogen-bond donors (Lipinski definition) is 2. The largest absolute Gasteiger partial charge is 0.394 e. The lowest BCUT2D eigenvalue weighted by molar-refractivity contribution is 0.163. The quantitative estimate of drug-likeness (QED) is 0.890. The van der Waals surface area contributed by atoms with Crippen molar-refractivity contribution in [1.29, 1.82) is 0 Å². The Hall–Kier alpha value is -0.970. The molecule has 18 heavy (non-hydrogen) atoms. The summed E-state index contributed by atoms with van der Waals surface area (Å²) in [6, 6.07) is 4.24. The van der Waals surface area contributed by atoms with Gasteiger partial charge in [0.15, 0.2) is 0 Å². The van der Waals surface area contributed by atoms with E-state index in [9.17, 15) is 5.11 Å². The monoisotopic (exact) mass is 262 g/mol. The van der Waals surface area contributed by atoms with Crippen molar-refractivity contribution in [2.45, 2.75) is 37.8 Å². The van der Waals surface area contributed by atoms with Gasteiger partial charge in [0.1, 0.15) is 0 Å². The molecule has 0 aliphatic heterocycles. The topological polar surface area (TPSA) is 45.1 Å². The van der Waals surface area contributed by atoms with E-state index in [0.29, 0.717) is 0 Å². The van der Waals surface area contributed by atoms with E-state index in [1.54, 1.807) is 11.3 Å². The number of thiophene rings is 1. The number of aliphatic hydroxyl groups is 1. The van der Waals surface area contributed by atoms with Crippen LogP contribution < -0.4 is 5.32 Å². The summed E-state index contributed by atoms with van der Waals surface area (Å²) in [5.74, 6) is 0. The molecule has 1 fully saturated rings. The molecule has 2 aromatic heterocycles. The predicted octanol–water partition coefficient (Wildman–Crippen LogP) is 2.69. The summed E-state index contributed by atoms with van der Waals surface area (Å²) in [6.07, 6.45) is 6.53. The van der Waals surface area contributed by atoms with E-state index in [-0.39, 0.29) is 12.1 Å². The Bertz CT molecular complexity index is 531. The van der Waals surface area contributed by atoms with E-state index in [1.807, 2.05) is 12.3 Å². The molecule has 0 unspecified atom stereocenters. The molecule has 0 atom stereocenters. The maximum atomic E-state index is 9.56. The Balaban J connectivity index is 1.72. The van der Waals surface area contributed by atoms with Gasteiger partial charge < -0.3 is 10.4 Å². The second-order valence-corrected chi connectivity index (χ2v) is 6.09. The summed E-state index contributed by atoms with van der Waals surface area (Å²) in [4.78, 5) is 4.44. The second-order valence-electron chi connectivity index (χ2n) is 5.15. The van der Waals surface area contributed by atoms with Gasteiger partial charge in [0.25, 0.3) is 0 Å². The van der Waals surface area contributed by atoms with Gasteiger partial charge in [-0.1, -0.05) is 12.8 Å². The third-order valence-corrected chi connectivity index (χ3v) is 4.74. The van der Waals surface area contributed by atoms with Gasteiger partial charge in [-0.05, 0) is 35.9 Å². The molecule has 1 aliphatic rings. The lowest BCUT2D eigenvalue weighted by Crippen LogP contribution is -2.45. The maximum absolute atomic E-state index is 9.56. The van der Waals surface area contributed by atoms with E-state index in [4.69, 9.17) is 0 Å². The van der Waals surface area contributed by atoms with Gasteiger partial charge in [-0.3, -0.25) is 4.98 Å². The summed E-state index contributed by atoms with van der Waals surface area (Å²) in [5, 5.41) is 15.2. The van der Waals surface area contributed by atoms with Crippen molar-refractivity contribution in [2.75, 3.05) is 6.61 Å². The average molecular weight is 262 g/mol. The van der Waals surface area contributed by atoms with Crippen LogP contribution in [-0.2, 0) is 6.54 Å². The van der Waals surface area contributed by atoms with Crippen molar-refractivity contribution in [3.8, 4) is 0 Å². The zero-order valence-corrected chi connectivity index (χ0v) is 11.2.